The summed E-state index contributed by atoms with van der Waals surface area (Å²) in [6.07, 6.45) is 4.33. The Bertz CT molecular complexity index is 629. The molecule has 5 nitrogen and oxygen atoms in total. The SMILES string of the molecule is CC(NCCO)[C@H]1CC[C@H](CN2Cc3ccc(O)c(F)c3C2=O)CC1. The smallest absolute Gasteiger partial charge is 0.257 e. The Morgan fingerprint density at radius 1 is 1.32 bits per heavy atom. The number of carbonyl (C=O) groups excluding carboxylic acids is 1. The third kappa shape index (κ3) is 3.80. The number of benzene rings is 1. The predicted molar refractivity (Wildman–Crippen MR) is 92.8 cm³/mol. The van der Waals surface area contributed by atoms with Gasteiger partial charge in [-0.1, -0.05) is 6.07 Å². The van der Waals surface area contributed by atoms with Crippen LogP contribution in [0.15, 0.2) is 12.1 Å². The second-order valence-corrected chi connectivity index (χ2v) is 7.37. The van der Waals surface area contributed by atoms with Gasteiger partial charge in [0.1, 0.15) is 0 Å². The van der Waals surface area contributed by atoms with Gasteiger partial charge in [0, 0.05) is 25.7 Å². The topological polar surface area (TPSA) is 72.8 Å². The van der Waals surface area contributed by atoms with Crippen molar-refractivity contribution in [3.8, 4) is 5.75 Å². The molecule has 1 fully saturated rings. The Morgan fingerprint density at radius 3 is 2.72 bits per heavy atom. The molecule has 6 heteroatoms. The van der Waals surface area contributed by atoms with Crippen LogP contribution in [0.5, 0.6) is 5.75 Å². The molecular formula is C19H27FN2O3. The molecule has 1 atom stereocenters. The van der Waals surface area contributed by atoms with E-state index in [-0.39, 0.29) is 18.1 Å². The van der Waals surface area contributed by atoms with Crippen LogP contribution in [0.1, 0.15) is 48.5 Å². The van der Waals surface area contributed by atoms with E-state index in [2.05, 4.69) is 12.2 Å². The Hall–Kier alpha value is -1.66. The number of nitrogens with zero attached hydrogens (tertiary/aromatic N) is 1. The lowest BCUT2D eigenvalue weighted by atomic mass is 9.78. The largest absolute Gasteiger partial charge is 0.505 e. The zero-order valence-corrected chi connectivity index (χ0v) is 14.7. The van der Waals surface area contributed by atoms with E-state index in [9.17, 15) is 14.3 Å². The minimum absolute atomic E-state index is 0.0375. The average Bonchev–Trinajstić information content (AvgIpc) is 2.93. The highest BCUT2D eigenvalue weighted by Crippen LogP contribution is 2.35. The minimum atomic E-state index is -0.794. The van der Waals surface area contributed by atoms with Crippen LogP contribution in [0.25, 0.3) is 0 Å². The number of rotatable bonds is 6. The summed E-state index contributed by atoms with van der Waals surface area (Å²) >= 11 is 0. The number of phenolic OH excluding ortho intramolecular Hbond substituents is 1. The van der Waals surface area contributed by atoms with Crippen LogP contribution in [0.4, 0.5) is 4.39 Å². The van der Waals surface area contributed by atoms with Crippen molar-refractivity contribution in [3.63, 3.8) is 0 Å². The molecule has 1 aromatic rings. The van der Waals surface area contributed by atoms with Crippen molar-refractivity contribution >= 4 is 5.91 Å². The maximum Gasteiger partial charge on any atom is 0.257 e. The van der Waals surface area contributed by atoms with Gasteiger partial charge < -0.3 is 20.4 Å². The molecule has 1 saturated carbocycles. The fourth-order valence-electron chi connectivity index (χ4n) is 4.19. The first-order valence-electron chi connectivity index (χ1n) is 9.15. The van der Waals surface area contributed by atoms with Crippen LogP contribution in [-0.4, -0.2) is 46.8 Å². The van der Waals surface area contributed by atoms with Crippen molar-refractivity contribution in [2.45, 2.75) is 45.2 Å². The van der Waals surface area contributed by atoms with Crippen molar-refractivity contribution in [2.24, 2.45) is 11.8 Å². The summed E-state index contributed by atoms with van der Waals surface area (Å²) in [4.78, 5) is 14.2. The van der Waals surface area contributed by atoms with Crippen molar-refractivity contribution in [3.05, 3.63) is 29.1 Å². The van der Waals surface area contributed by atoms with Crippen molar-refractivity contribution < 1.29 is 19.4 Å². The molecule has 3 rings (SSSR count). The highest BCUT2D eigenvalue weighted by molar-refractivity contribution is 5.99. The lowest BCUT2D eigenvalue weighted by molar-refractivity contribution is 0.0721. The van der Waals surface area contributed by atoms with Gasteiger partial charge >= 0.3 is 0 Å². The summed E-state index contributed by atoms with van der Waals surface area (Å²) in [5.74, 6) is -0.514. The Balaban J connectivity index is 1.54. The Kier molecular flexibility index (Phi) is 5.59. The molecule has 1 unspecified atom stereocenters. The average molecular weight is 350 g/mol. The number of hydrogen-bond acceptors (Lipinski definition) is 4. The maximum absolute atomic E-state index is 14.0. The van der Waals surface area contributed by atoms with Gasteiger partial charge in [0.2, 0.25) is 0 Å². The first-order chi connectivity index (χ1) is 12.0. The number of aromatic hydroxyl groups is 1. The van der Waals surface area contributed by atoms with Crippen LogP contribution in [0.2, 0.25) is 0 Å². The number of nitrogens with one attached hydrogen (secondary N) is 1. The number of carbonyl (C=O) groups is 1. The van der Waals surface area contributed by atoms with Crippen molar-refractivity contribution in [2.75, 3.05) is 19.7 Å². The van der Waals surface area contributed by atoms with Crippen molar-refractivity contribution in [1.29, 1.82) is 0 Å². The standard InChI is InChI=1S/C19H27FN2O3/c1-12(21-8-9-23)14-4-2-13(3-5-14)10-22-11-15-6-7-16(24)18(20)17(15)19(22)25/h6-7,12-14,21,23-24H,2-5,8-11H2,1H3/t12?,13-,14-. The molecule has 0 bridgehead atoms. The quantitative estimate of drug-likeness (QED) is 0.736. The first-order valence-corrected chi connectivity index (χ1v) is 9.15. The molecule has 0 aromatic heterocycles. The van der Waals surface area contributed by atoms with Gasteiger partial charge in [-0.15, -0.1) is 0 Å². The van der Waals surface area contributed by atoms with E-state index in [1.54, 1.807) is 11.0 Å². The number of fused-ring (bicyclic) bond motifs is 1. The minimum Gasteiger partial charge on any atom is -0.505 e. The lowest BCUT2D eigenvalue weighted by Crippen LogP contribution is -2.39. The Morgan fingerprint density at radius 2 is 2.04 bits per heavy atom. The molecule has 1 heterocycles. The molecule has 2 aliphatic rings. The maximum atomic E-state index is 14.0. The van der Waals surface area contributed by atoms with Crippen LogP contribution < -0.4 is 5.32 Å². The molecule has 1 amide bonds. The van der Waals surface area contributed by atoms with E-state index in [1.807, 2.05) is 0 Å². The number of amides is 1. The number of aliphatic hydroxyl groups is 1. The van der Waals surface area contributed by atoms with E-state index in [0.717, 1.165) is 25.7 Å². The first kappa shape index (κ1) is 18.1. The fourth-order valence-corrected chi connectivity index (χ4v) is 4.19. The van der Waals surface area contributed by atoms with E-state index < -0.39 is 11.6 Å². The summed E-state index contributed by atoms with van der Waals surface area (Å²) in [5.41, 5.74) is 0.700. The number of hydrogen-bond donors (Lipinski definition) is 3. The van der Waals surface area contributed by atoms with E-state index >= 15 is 0 Å². The monoisotopic (exact) mass is 350 g/mol. The Labute approximate surface area is 147 Å². The molecule has 0 saturated heterocycles. The summed E-state index contributed by atoms with van der Waals surface area (Å²) in [6, 6.07) is 3.34. The molecule has 25 heavy (non-hydrogen) atoms. The number of halogens is 1. The second kappa shape index (κ2) is 7.70. The summed E-state index contributed by atoms with van der Waals surface area (Å²) in [7, 11) is 0. The highest BCUT2D eigenvalue weighted by atomic mass is 19.1. The van der Waals surface area contributed by atoms with Gasteiger partial charge in [0.25, 0.3) is 5.91 Å². The van der Waals surface area contributed by atoms with Crippen LogP contribution in [0, 0.1) is 17.7 Å². The van der Waals surface area contributed by atoms with Gasteiger partial charge in [0.05, 0.1) is 12.2 Å². The van der Waals surface area contributed by atoms with Gasteiger partial charge in [-0.05, 0) is 56.1 Å². The summed E-state index contributed by atoms with van der Waals surface area (Å²) in [5, 5.41) is 21.7. The second-order valence-electron chi connectivity index (χ2n) is 7.37. The van der Waals surface area contributed by atoms with Crippen molar-refractivity contribution in [1.82, 2.24) is 10.2 Å². The van der Waals surface area contributed by atoms with Gasteiger partial charge in [-0.25, -0.2) is 4.39 Å². The summed E-state index contributed by atoms with van der Waals surface area (Å²) in [6.45, 7) is 4.03. The third-order valence-corrected chi connectivity index (χ3v) is 5.73. The molecule has 0 spiro atoms. The van der Waals surface area contributed by atoms with E-state index in [1.165, 1.54) is 6.07 Å². The molecule has 1 aliphatic heterocycles. The number of phenols is 1. The zero-order valence-electron chi connectivity index (χ0n) is 14.7. The lowest BCUT2D eigenvalue weighted by Gasteiger charge is -2.34. The third-order valence-electron chi connectivity index (χ3n) is 5.73. The van der Waals surface area contributed by atoms with E-state index in [4.69, 9.17) is 5.11 Å². The molecule has 138 valence electrons. The van der Waals surface area contributed by atoms with Crippen LogP contribution >= 0.6 is 0 Å². The molecule has 1 aliphatic carbocycles. The predicted octanol–water partition coefficient (Wildman–Crippen LogP) is 2.26. The highest BCUT2D eigenvalue weighted by Gasteiger charge is 2.34. The molecule has 0 radical (unpaired) electrons. The van der Waals surface area contributed by atoms with Gasteiger partial charge in [-0.3, -0.25) is 4.79 Å². The zero-order chi connectivity index (χ0) is 18.0. The fraction of sp³-hybridized carbons (Fsp3) is 0.632. The van der Waals surface area contributed by atoms with E-state index in [0.29, 0.717) is 43.1 Å². The van der Waals surface area contributed by atoms with Gasteiger partial charge in [-0.2, -0.15) is 0 Å². The number of aliphatic hydroxyl groups excluding tert-OH is 1. The van der Waals surface area contributed by atoms with Gasteiger partial charge in [0.15, 0.2) is 11.6 Å². The molecular weight excluding hydrogens is 323 g/mol. The molecule has 3 N–H and O–H groups in total. The van der Waals surface area contributed by atoms with Crippen LogP contribution in [0.3, 0.4) is 0 Å². The van der Waals surface area contributed by atoms with Crippen LogP contribution in [-0.2, 0) is 6.54 Å². The summed E-state index contributed by atoms with van der Waals surface area (Å²) < 4.78 is 14.0. The normalized spacial score (nSPS) is 24.4. The molecule has 1 aromatic carbocycles.